The van der Waals surface area contributed by atoms with Crippen molar-refractivity contribution in [2.45, 2.75) is 19.0 Å². The minimum Gasteiger partial charge on any atom is -0.456 e. The third-order valence-corrected chi connectivity index (χ3v) is 0.953. The monoisotopic (exact) mass is 216 g/mol. The molecule has 0 unspecified atom stereocenters. The lowest BCUT2D eigenvalue weighted by Gasteiger charge is -2.12. The molecule has 80 valence electrons. The number of carbonyl (C=O) groups excluding carboxylic acids is 1. The number of alkyl halides is 5. The number of carbonyl (C=O) groups is 1. The molecule has 7 heteroatoms. The maximum absolute atomic E-state index is 12.0. The average molecular weight is 216 g/mol. The first-order valence-electron chi connectivity index (χ1n) is 3.35. The second kappa shape index (κ2) is 4.26. The highest BCUT2D eigenvalue weighted by molar-refractivity contribution is 5.88. The highest BCUT2D eigenvalue weighted by Crippen LogP contribution is 2.34. The van der Waals surface area contributed by atoms with Crippen molar-refractivity contribution in [3.8, 4) is 11.8 Å². The summed E-state index contributed by atoms with van der Waals surface area (Å²) in [5, 5.41) is 0. The molecule has 0 aromatic carbocycles. The van der Waals surface area contributed by atoms with Crippen LogP contribution in [0.3, 0.4) is 0 Å². The number of hydrogen-bond donors (Lipinski definition) is 0. The van der Waals surface area contributed by atoms with Crippen LogP contribution in [-0.2, 0) is 9.53 Å². The molecule has 0 atom stereocenters. The van der Waals surface area contributed by atoms with Crippen molar-refractivity contribution in [3.05, 3.63) is 0 Å². The van der Waals surface area contributed by atoms with E-state index in [1.165, 1.54) is 6.92 Å². The maximum Gasteiger partial charge on any atom is 0.466 e. The molecule has 0 radical (unpaired) electrons. The summed E-state index contributed by atoms with van der Waals surface area (Å²) in [6.45, 7) is 1.21. The van der Waals surface area contributed by atoms with E-state index in [1.54, 1.807) is 0 Å². The molecule has 0 N–H and O–H groups in total. The maximum atomic E-state index is 12.0. The summed E-state index contributed by atoms with van der Waals surface area (Å²) in [5.41, 5.74) is 0. The molecule has 0 rings (SSSR count). The minimum absolute atomic E-state index is 0.148. The van der Waals surface area contributed by atoms with Crippen LogP contribution in [0.25, 0.3) is 0 Å². The number of esters is 1. The van der Waals surface area contributed by atoms with E-state index in [-0.39, 0.29) is 6.61 Å². The van der Waals surface area contributed by atoms with E-state index in [1.807, 2.05) is 0 Å². The van der Waals surface area contributed by atoms with Crippen LogP contribution in [0.4, 0.5) is 22.0 Å². The van der Waals surface area contributed by atoms with Crippen molar-refractivity contribution >= 4 is 5.97 Å². The smallest absolute Gasteiger partial charge is 0.456 e. The van der Waals surface area contributed by atoms with Gasteiger partial charge < -0.3 is 4.74 Å². The second-order valence-electron chi connectivity index (χ2n) is 2.04. The normalized spacial score (nSPS) is 11.6. The second-order valence-corrected chi connectivity index (χ2v) is 2.04. The molecule has 0 saturated heterocycles. The fourth-order valence-corrected chi connectivity index (χ4v) is 0.368. The zero-order valence-corrected chi connectivity index (χ0v) is 6.91. The minimum atomic E-state index is -5.79. The van der Waals surface area contributed by atoms with Gasteiger partial charge in [0.15, 0.2) is 0 Å². The lowest BCUT2D eigenvalue weighted by atomic mass is 10.3. The molecule has 2 nitrogen and oxygen atoms in total. The predicted octanol–water partition coefficient (Wildman–Crippen LogP) is 1.75. The average Bonchev–Trinajstić information content (AvgIpc) is 1.99. The van der Waals surface area contributed by atoms with E-state index in [0.29, 0.717) is 5.92 Å². The standard InChI is InChI=1S/C7H5F5O2/c1-2-14-5(13)3-4-6(8,9)7(10,11)12/h2H2,1H3. The number of halogens is 5. The topological polar surface area (TPSA) is 26.3 Å². The van der Waals surface area contributed by atoms with Crippen LogP contribution in [0.2, 0.25) is 0 Å². The van der Waals surface area contributed by atoms with E-state index in [0.717, 1.165) is 5.92 Å². The number of rotatable bonds is 1. The van der Waals surface area contributed by atoms with Gasteiger partial charge in [0.25, 0.3) is 0 Å². The number of ether oxygens (including phenoxy) is 1. The molecule has 0 aromatic rings. The first-order chi connectivity index (χ1) is 6.20. The van der Waals surface area contributed by atoms with Crippen molar-refractivity contribution in [2.24, 2.45) is 0 Å². The van der Waals surface area contributed by atoms with Gasteiger partial charge >= 0.3 is 18.1 Å². The molecule has 0 saturated carbocycles. The van der Waals surface area contributed by atoms with Gasteiger partial charge in [0.2, 0.25) is 0 Å². The van der Waals surface area contributed by atoms with Crippen molar-refractivity contribution in [1.29, 1.82) is 0 Å². The lowest BCUT2D eigenvalue weighted by Crippen LogP contribution is -2.34. The summed E-state index contributed by atoms with van der Waals surface area (Å²) in [4.78, 5) is 10.3. The van der Waals surface area contributed by atoms with Gasteiger partial charge in [-0.3, -0.25) is 0 Å². The summed E-state index contributed by atoms with van der Waals surface area (Å²) in [5.74, 6) is -5.06. The Bertz CT molecular complexity index is 270. The third kappa shape index (κ3) is 3.60. The van der Waals surface area contributed by atoms with Crippen molar-refractivity contribution in [1.82, 2.24) is 0 Å². The quantitative estimate of drug-likeness (QED) is 0.289. The fraction of sp³-hybridized carbons (Fsp3) is 0.571. The summed E-state index contributed by atoms with van der Waals surface area (Å²) < 4.78 is 62.5. The van der Waals surface area contributed by atoms with Crippen molar-refractivity contribution in [2.75, 3.05) is 6.61 Å². The molecular formula is C7H5F5O2. The van der Waals surface area contributed by atoms with E-state index in [2.05, 4.69) is 4.74 Å². The van der Waals surface area contributed by atoms with E-state index >= 15 is 0 Å². The summed E-state index contributed by atoms with van der Waals surface area (Å²) >= 11 is 0. The molecule has 14 heavy (non-hydrogen) atoms. The fourth-order valence-electron chi connectivity index (χ4n) is 0.368. The van der Waals surface area contributed by atoms with Crippen LogP contribution in [0.1, 0.15) is 6.92 Å². The Morgan fingerprint density at radius 2 is 1.79 bits per heavy atom. The molecule has 0 aromatic heterocycles. The Morgan fingerprint density at radius 3 is 2.14 bits per heavy atom. The predicted molar refractivity (Wildman–Crippen MR) is 35.4 cm³/mol. The van der Waals surface area contributed by atoms with Gasteiger partial charge in [-0.15, -0.1) is 0 Å². The Hall–Kier alpha value is -1.32. The number of hydrogen-bond acceptors (Lipinski definition) is 2. The lowest BCUT2D eigenvalue weighted by molar-refractivity contribution is -0.254. The van der Waals surface area contributed by atoms with Gasteiger partial charge in [0.1, 0.15) is 0 Å². The molecule has 0 heterocycles. The molecule has 0 bridgehead atoms. The highest BCUT2D eigenvalue weighted by atomic mass is 19.4. The summed E-state index contributed by atoms with van der Waals surface area (Å²) in [6.07, 6.45) is -5.79. The van der Waals surface area contributed by atoms with Gasteiger partial charge in [0.05, 0.1) is 6.61 Å². The molecule has 0 aliphatic carbocycles. The van der Waals surface area contributed by atoms with Crippen molar-refractivity contribution in [3.63, 3.8) is 0 Å². The highest BCUT2D eigenvalue weighted by Gasteiger charge is 2.56. The van der Waals surface area contributed by atoms with Crippen LogP contribution in [0.15, 0.2) is 0 Å². The largest absolute Gasteiger partial charge is 0.466 e. The van der Waals surface area contributed by atoms with E-state index in [4.69, 9.17) is 0 Å². The van der Waals surface area contributed by atoms with Crippen LogP contribution >= 0.6 is 0 Å². The zero-order chi connectivity index (χ0) is 11.4. The summed E-state index contributed by atoms with van der Waals surface area (Å²) in [7, 11) is 0. The Morgan fingerprint density at radius 1 is 1.29 bits per heavy atom. The van der Waals surface area contributed by atoms with Crippen molar-refractivity contribution < 1.29 is 31.5 Å². The molecule has 0 aliphatic heterocycles. The van der Waals surface area contributed by atoms with Crippen LogP contribution in [0.5, 0.6) is 0 Å². The van der Waals surface area contributed by atoms with E-state index < -0.39 is 18.1 Å². The zero-order valence-electron chi connectivity index (χ0n) is 6.91. The van der Waals surface area contributed by atoms with Gasteiger partial charge in [-0.1, -0.05) is 0 Å². The molecule has 0 spiro atoms. The van der Waals surface area contributed by atoms with Gasteiger partial charge in [-0.05, 0) is 12.8 Å². The van der Waals surface area contributed by atoms with Gasteiger partial charge in [0, 0.05) is 5.92 Å². The van der Waals surface area contributed by atoms with Crippen LogP contribution in [-0.4, -0.2) is 24.7 Å². The van der Waals surface area contributed by atoms with Gasteiger partial charge in [-0.25, -0.2) is 4.79 Å². The Labute approximate surface area is 76.0 Å². The SMILES string of the molecule is CCOC(=O)C#CC(F)(F)C(F)(F)F. The Kier molecular flexibility index (Phi) is 3.86. The first-order valence-corrected chi connectivity index (χ1v) is 3.35. The molecule has 0 aliphatic rings. The summed E-state index contributed by atoms with van der Waals surface area (Å²) in [6, 6.07) is 0. The molecular weight excluding hydrogens is 211 g/mol. The molecule has 0 amide bonds. The molecule has 0 fully saturated rings. The van der Waals surface area contributed by atoms with Crippen LogP contribution in [0, 0.1) is 11.8 Å². The van der Waals surface area contributed by atoms with Gasteiger partial charge in [-0.2, -0.15) is 22.0 Å². The van der Waals surface area contributed by atoms with Crippen LogP contribution < -0.4 is 0 Å². The Balaban J connectivity index is 4.57. The van der Waals surface area contributed by atoms with E-state index in [9.17, 15) is 26.7 Å². The first kappa shape index (κ1) is 12.7. The third-order valence-electron chi connectivity index (χ3n) is 0.953.